The molecule has 3 aromatic carbocycles. The lowest BCUT2D eigenvalue weighted by atomic mass is 9.94. The number of hydrogen-bond acceptors (Lipinski definition) is 4. The number of aromatic nitrogens is 3. The van der Waals surface area contributed by atoms with Crippen LogP contribution in [0.5, 0.6) is 0 Å². The molecule has 0 aliphatic heterocycles. The Kier molecular flexibility index (Phi) is 5.97. The lowest BCUT2D eigenvalue weighted by Gasteiger charge is -2.12. The van der Waals surface area contributed by atoms with Crippen LogP contribution in [-0.2, 0) is 16.8 Å². The predicted octanol–water partition coefficient (Wildman–Crippen LogP) is 4.82. The number of nitrogens with zero attached hydrogens (tertiary/aromatic N) is 3. The Bertz CT molecular complexity index is 1430. The van der Waals surface area contributed by atoms with Crippen molar-refractivity contribution in [2.45, 2.75) is 31.7 Å². The molecular weight excluding hydrogens is 461 g/mol. The van der Waals surface area contributed by atoms with Gasteiger partial charge in [0.25, 0.3) is 0 Å². The number of hydrogen-bond donors (Lipinski definition) is 3. The van der Waals surface area contributed by atoms with Crippen LogP contribution in [0.4, 0.5) is 15.0 Å². The molecule has 1 aromatic heterocycles. The van der Waals surface area contributed by atoms with Gasteiger partial charge in [0.1, 0.15) is 11.5 Å². The van der Waals surface area contributed by atoms with E-state index in [-0.39, 0.29) is 12.4 Å². The molecule has 0 spiro atoms. The van der Waals surface area contributed by atoms with Gasteiger partial charge in [-0.3, -0.25) is 10.1 Å². The number of rotatable bonds is 7. The summed E-state index contributed by atoms with van der Waals surface area (Å²) < 4.78 is 15.3. The van der Waals surface area contributed by atoms with E-state index in [0.717, 1.165) is 16.7 Å². The van der Waals surface area contributed by atoms with Crippen molar-refractivity contribution in [1.82, 2.24) is 20.3 Å². The molecule has 182 valence electrons. The number of urea groups is 1. The minimum absolute atomic E-state index is 0.0419. The molecule has 1 aliphatic rings. The molecule has 8 nitrogen and oxygen atoms in total. The number of aryl methyl sites for hydroxylation is 1. The molecule has 36 heavy (non-hydrogen) atoms. The highest BCUT2D eigenvalue weighted by atomic mass is 19.1. The van der Waals surface area contributed by atoms with Crippen molar-refractivity contribution in [3.8, 4) is 16.8 Å². The Hall–Kier alpha value is -4.53. The van der Waals surface area contributed by atoms with Crippen molar-refractivity contribution < 1.29 is 19.1 Å². The van der Waals surface area contributed by atoms with Crippen LogP contribution in [0.25, 0.3) is 16.8 Å². The Morgan fingerprint density at radius 2 is 1.64 bits per heavy atom. The van der Waals surface area contributed by atoms with Crippen molar-refractivity contribution in [3.05, 3.63) is 95.4 Å². The lowest BCUT2D eigenvalue weighted by Crippen LogP contribution is -2.29. The third kappa shape index (κ3) is 4.43. The van der Waals surface area contributed by atoms with E-state index in [2.05, 4.69) is 20.9 Å². The van der Waals surface area contributed by atoms with Gasteiger partial charge in [0.2, 0.25) is 0 Å². The van der Waals surface area contributed by atoms with E-state index in [9.17, 15) is 19.1 Å². The summed E-state index contributed by atoms with van der Waals surface area (Å²) in [5.41, 5.74) is 3.64. The molecule has 2 amide bonds. The Morgan fingerprint density at radius 3 is 2.25 bits per heavy atom. The molecular formula is C27H24FN5O3. The van der Waals surface area contributed by atoms with Gasteiger partial charge >= 0.3 is 12.0 Å². The molecule has 1 aliphatic carbocycles. The molecule has 4 aromatic rings. The smallest absolute Gasteiger partial charge is 0.320 e. The maximum Gasteiger partial charge on any atom is 0.320 e. The van der Waals surface area contributed by atoms with Gasteiger partial charge in [-0.25, -0.2) is 9.18 Å². The fourth-order valence-electron chi connectivity index (χ4n) is 4.18. The average molecular weight is 486 g/mol. The zero-order chi connectivity index (χ0) is 25.3. The second-order valence-electron chi connectivity index (χ2n) is 8.85. The number of carboxylic acids is 1. The van der Waals surface area contributed by atoms with Gasteiger partial charge in [-0.05, 0) is 54.7 Å². The van der Waals surface area contributed by atoms with E-state index >= 15 is 0 Å². The first-order valence-corrected chi connectivity index (χ1v) is 11.5. The van der Waals surface area contributed by atoms with Crippen LogP contribution in [0, 0.1) is 12.7 Å². The monoisotopic (exact) mass is 485 g/mol. The van der Waals surface area contributed by atoms with E-state index in [1.807, 2.05) is 48.5 Å². The molecule has 1 saturated carbocycles. The fourth-order valence-corrected chi connectivity index (χ4v) is 4.18. The van der Waals surface area contributed by atoms with E-state index in [1.165, 1.54) is 10.7 Å². The van der Waals surface area contributed by atoms with Gasteiger partial charge in [-0.1, -0.05) is 59.8 Å². The van der Waals surface area contributed by atoms with Gasteiger partial charge < -0.3 is 10.4 Å². The summed E-state index contributed by atoms with van der Waals surface area (Å²) in [7, 11) is 0. The number of carbonyl (C=O) groups is 2. The van der Waals surface area contributed by atoms with Crippen LogP contribution < -0.4 is 10.6 Å². The molecule has 9 heteroatoms. The normalized spacial score (nSPS) is 13.7. The molecule has 1 fully saturated rings. The second-order valence-corrected chi connectivity index (χ2v) is 8.85. The average Bonchev–Trinajstić information content (AvgIpc) is 3.63. The number of carboxylic acid groups (broad SMARTS) is 1. The zero-order valence-electron chi connectivity index (χ0n) is 19.5. The molecule has 5 rings (SSSR count). The second kappa shape index (κ2) is 9.26. The predicted molar refractivity (Wildman–Crippen MR) is 132 cm³/mol. The Balaban J connectivity index is 1.29. The van der Waals surface area contributed by atoms with Crippen LogP contribution in [0.1, 0.15) is 29.7 Å². The van der Waals surface area contributed by atoms with Crippen LogP contribution in [-0.4, -0.2) is 32.1 Å². The van der Waals surface area contributed by atoms with E-state index in [1.54, 1.807) is 25.1 Å². The van der Waals surface area contributed by atoms with Crippen molar-refractivity contribution in [3.63, 3.8) is 0 Å². The maximum atomic E-state index is 13.8. The SMILES string of the molecule is Cc1nnn(-c2ccc(-c3ccc(C4(C(=O)O)CC4)cc3)cc2)c1NC(=O)NCc1ccccc1F. The largest absolute Gasteiger partial charge is 0.481 e. The number of aliphatic carboxylic acids is 1. The number of nitrogens with one attached hydrogen (secondary N) is 2. The third-order valence-electron chi connectivity index (χ3n) is 6.51. The van der Waals surface area contributed by atoms with Crippen LogP contribution >= 0.6 is 0 Å². The number of anilines is 1. The fraction of sp³-hybridized carbons (Fsp3) is 0.185. The highest BCUT2D eigenvalue weighted by molar-refractivity contribution is 5.89. The quantitative estimate of drug-likeness (QED) is 0.348. The highest BCUT2D eigenvalue weighted by Crippen LogP contribution is 2.48. The first kappa shape index (κ1) is 23.2. The molecule has 0 atom stereocenters. The van der Waals surface area contributed by atoms with Gasteiger partial charge in [0.15, 0.2) is 5.82 Å². The topological polar surface area (TPSA) is 109 Å². The molecule has 0 bridgehead atoms. The van der Waals surface area contributed by atoms with Crippen molar-refractivity contribution in [2.24, 2.45) is 0 Å². The first-order valence-electron chi connectivity index (χ1n) is 11.5. The number of benzene rings is 3. The van der Waals surface area contributed by atoms with Crippen molar-refractivity contribution in [1.29, 1.82) is 0 Å². The minimum Gasteiger partial charge on any atom is -0.481 e. The molecule has 1 heterocycles. The number of carbonyl (C=O) groups excluding carboxylic acids is 1. The van der Waals surface area contributed by atoms with Gasteiger partial charge in [0, 0.05) is 12.1 Å². The lowest BCUT2D eigenvalue weighted by molar-refractivity contribution is -0.140. The molecule has 0 unspecified atom stereocenters. The van der Waals surface area contributed by atoms with Crippen LogP contribution in [0.3, 0.4) is 0 Å². The van der Waals surface area contributed by atoms with Crippen LogP contribution in [0.2, 0.25) is 0 Å². The molecule has 3 N–H and O–H groups in total. The van der Waals surface area contributed by atoms with Gasteiger partial charge in [-0.2, -0.15) is 4.68 Å². The molecule has 0 saturated heterocycles. The summed E-state index contributed by atoms with van der Waals surface area (Å²) in [5.74, 6) is -0.751. The zero-order valence-corrected chi connectivity index (χ0v) is 19.5. The standard InChI is InChI=1S/C27H24FN5O3/c1-17-24(30-26(36)29-16-20-4-2-3-5-23(20)28)33(32-31-17)22-12-8-19(9-13-22)18-6-10-21(11-7-18)27(14-15-27)25(34)35/h2-13H,14-16H2,1H3,(H,34,35)(H2,29,30,36). The Morgan fingerprint density at radius 1 is 1.00 bits per heavy atom. The molecule has 0 radical (unpaired) electrons. The summed E-state index contributed by atoms with van der Waals surface area (Å²) in [6.45, 7) is 1.77. The maximum absolute atomic E-state index is 13.8. The number of halogens is 1. The van der Waals surface area contributed by atoms with Crippen molar-refractivity contribution >= 4 is 17.8 Å². The van der Waals surface area contributed by atoms with Crippen molar-refractivity contribution in [2.75, 3.05) is 5.32 Å². The van der Waals surface area contributed by atoms with Crippen LogP contribution in [0.15, 0.2) is 72.8 Å². The third-order valence-corrected chi connectivity index (χ3v) is 6.51. The van der Waals surface area contributed by atoms with E-state index < -0.39 is 17.4 Å². The summed E-state index contributed by atoms with van der Waals surface area (Å²) in [4.78, 5) is 24.0. The summed E-state index contributed by atoms with van der Waals surface area (Å²) in [6.07, 6.45) is 1.34. The minimum atomic E-state index is -0.770. The summed E-state index contributed by atoms with van der Waals surface area (Å²) in [5, 5.41) is 23.1. The van der Waals surface area contributed by atoms with Gasteiger partial charge in [0.05, 0.1) is 11.1 Å². The van der Waals surface area contributed by atoms with E-state index in [0.29, 0.717) is 35.6 Å². The summed E-state index contributed by atoms with van der Waals surface area (Å²) >= 11 is 0. The highest BCUT2D eigenvalue weighted by Gasteiger charge is 2.51. The Labute approximate surface area is 206 Å². The first-order chi connectivity index (χ1) is 17.4. The van der Waals surface area contributed by atoms with E-state index in [4.69, 9.17) is 0 Å². The van der Waals surface area contributed by atoms with Gasteiger partial charge in [-0.15, -0.1) is 5.10 Å². The number of amides is 2. The summed E-state index contributed by atoms with van der Waals surface area (Å²) in [6, 6.07) is 20.9.